The number of amides is 1. The Morgan fingerprint density at radius 3 is 2.64 bits per heavy atom. The molecule has 0 saturated carbocycles. The molecule has 4 rings (SSSR count). The number of carbonyl (C=O) groups excluding carboxylic acids is 1. The summed E-state index contributed by atoms with van der Waals surface area (Å²) in [5.41, 5.74) is 2.23. The molecule has 0 aliphatic rings. The van der Waals surface area contributed by atoms with Gasteiger partial charge in [0.1, 0.15) is 17.4 Å². The number of benzene rings is 2. The van der Waals surface area contributed by atoms with Gasteiger partial charge in [-0.2, -0.15) is 5.10 Å². The van der Waals surface area contributed by atoms with Gasteiger partial charge in [-0.05, 0) is 18.6 Å². The summed E-state index contributed by atoms with van der Waals surface area (Å²) in [5.74, 6) is 1.05. The summed E-state index contributed by atoms with van der Waals surface area (Å²) in [7, 11) is 1.59. The van der Waals surface area contributed by atoms with Gasteiger partial charge in [-0.3, -0.25) is 9.89 Å². The van der Waals surface area contributed by atoms with Crippen molar-refractivity contribution in [3.05, 3.63) is 83.1 Å². The molecule has 0 aliphatic carbocycles. The number of nitrogens with one attached hydrogen (secondary N) is 2. The molecule has 28 heavy (non-hydrogen) atoms. The van der Waals surface area contributed by atoms with Gasteiger partial charge in [-0.1, -0.05) is 48.5 Å². The lowest BCUT2D eigenvalue weighted by Crippen LogP contribution is -2.30. The van der Waals surface area contributed by atoms with Crippen molar-refractivity contribution in [3.63, 3.8) is 0 Å². The highest BCUT2D eigenvalue weighted by molar-refractivity contribution is 5.99. The molecule has 0 fully saturated rings. The van der Waals surface area contributed by atoms with E-state index in [1.165, 1.54) is 0 Å². The molecule has 2 aromatic heterocycles. The number of aromatic amines is 1. The number of nitrogens with zero attached hydrogens (tertiary/aromatic N) is 2. The maximum Gasteiger partial charge on any atom is 0.288 e. The normalized spacial score (nSPS) is 12.2. The molecular weight excluding hydrogens is 356 g/mol. The van der Waals surface area contributed by atoms with Crippen LogP contribution in [0.25, 0.3) is 11.0 Å². The van der Waals surface area contributed by atoms with E-state index in [-0.39, 0.29) is 18.3 Å². The van der Waals surface area contributed by atoms with Gasteiger partial charge in [0.25, 0.3) is 5.91 Å². The quantitative estimate of drug-likeness (QED) is 0.537. The first-order valence-corrected chi connectivity index (χ1v) is 8.91. The van der Waals surface area contributed by atoms with Crippen molar-refractivity contribution in [2.45, 2.75) is 19.6 Å². The van der Waals surface area contributed by atoms with Gasteiger partial charge >= 0.3 is 0 Å². The molecule has 1 amide bonds. The lowest BCUT2D eigenvalue weighted by Gasteiger charge is -2.16. The first-order chi connectivity index (χ1) is 13.7. The molecule has 0 bridgehead atoms. The zero-order chi connectivity index (χ0) is 19.5. The van der Waals surface area contributed by atoms with Crippen LogP contribution in [-0.2, 0) is 11.3 Å². The second kappa shape index (κ2) is 7.66. The van der Waals surface area contributed by atoms with Gasteiger partial charge in [-0.25, -0.2) is 4.98 Å². The van der Waals surface area contributed by atoms with E-state index in [0.717, 1.165) is 10.9 Å². The van der Waals surface area contributed by atoms with Crippen molar-refractivity contribution in [2.75, 3.05) is 7.11 Å². The van der Waals surface area contributed by atoms with Crippen LogP contribution < -0.4 is 5.32 Å². The van der Waals surface area contributed by atoms with Crippen molar-refractivity contribution in [1.29, 1.82) is 0 Å². The van der Waals surface area contributed by atoms with Crippen LogP contribution in [0, 0.1) is 6.92 Å². The minimum absolute atomic E-state index is 0.233. The largest absolute Gasteiger partial charge is 0.451 e. The number of aromatic nitrogens is 3. The average Bonchev–Trinajstić information content (AvgIpc) is 3.31. The Balaban J connectivity index is 1.72. The molecule has 7 heteroatoms. The first-order valence-electron chi connectivity index (χ1n) is 8.91. The van der Waals surface area contributed by atoms with E-state index >= 15 is 0 Å². The Morgan fingerprint density at radius 1 is 1.18 bits per heavy atom. The lowest BCUT2D eigenvalue weighted by atomic mass is 10.1. The van der Waals surface area contributed by atoms with Crippen LogP contribution in [0.1, 0.15) is 39.4 Å². The molecule has 1 unspecified atom stereocenters. The van der Waals surface area contributed by atoms with Gasteiger partial charge in [0, 0.05) is 18.1 Å². The second-order valence-corrected chi connectivity index (χ2v) is 6.44. The standard InChI is InChI=1S/C21H20N4O3/c1-13-22-20(25-24-13)18(14-8-4-3-5-9-14)23-21(26)19-16(12-27-2)15-10-6-7-11-17(15)28-19/h3-11,18H,12H2,1-2H3,(H,23,26)(H,22,24,25). The topological polar surface area (TPSA) is 93.0 Å². The highest BCUT2D eigenvalue weighted by Crippen LogP contribution is 2.28. The van der Waals surface area contributed by atoms with E-state index in [1.54, 1.807) is 7.11 Å². The summed E-state index contributed by atoms with van der Waals surface area (Å²) in [5, 5.41) is 10.9. The second-order valence-electron chi connectivity index (χ2n) is 6.44. The fourth-order valence-corrected chi connectivity index (χ4v) is 3.20. The maximum atomic E-state index is 13.1. The van der Waals surface area contributed by atoms with E-state index in [9.17, 15) is 4.79 Å². The average molecular weight is 376 g/mol. The Kier molecular flexibility index (Phi) is 4.90. The fourth-order valence-electron chi connectivity index (χ4n) is 3.20. The first kappa shape index (κ1) is 17.9. The van der Waals surface area contributed by atoms with Crippen LogP contribution in [0.4, 0.5) is 0 Å². The third kappa shape index (κ3) is 3.39. The zero-order valence-electron chi connectivity index (χ0n) is 15.6. The Labute approximate surface area is 161 Å². The summed E-state index contributed by atoms with van der Waals surface area (Å²) < 4.78 is 11.1. The molecule has 142 valence electrons. The summed E-state index contributed by atoms with van der Waals surface area (Å²) in [6.45, 7) is 2.09. The number of hydrogen-bond acceptors (Lipinski definition) is 5. The van der Waals surface area contributed by atoms with Crippen molar-refractivity contribution in [3.8, 4) is 0 Å². The summed E-state index contributed by atoms with van der Waals surface area (Å²) in [4.78, 5) is 17.5. The van der Waals surface area contributed by atoms with Gasteiger partial charge < -0.3 is 14.5 Å². The Bertz CT molecular complexity index is 1100. The van der Waals surface area contributed by atoms with E-state index in [2.05, 4.69) is 20.5 Å². The molecule has 2 aromatic carbocycles. The molecule has 2 N–H and O–H groups in total. The number of aryl methyl sites for hydroxylation is 1. The number of carbonyl (C=O) groups is 1. The molecule has 0 spiro atoms. The highest BCUT2D eigenvalue weighted by atomic mass is 16.5. The molecule has 2 heterocycles. The minimum atomic E-state index is -0.512. The molecule has 1 atom stereocenters. The van der Waals surface area contributed by atoms with Crippen LogP contribution in [-0.4, -0.2) is 28.2 Å². The van der Waals surface area contributed by atoms with Gasteiger partial charge in [-0.15, -0.1) is 0 Å². The van der Waals surface area contributed by atoms with Crippen molar-refractivity contribution < 1.29 is 13.9 Å². The maximum absolute atomic E-state index is 13.1. The van der Waals surface area contributed by atoms with E-state index in [1.807, 2.05) is 61.5 Å². The number of methoxy groups -OCH3 is 1. The van der Waals surface area contributed by atoms with E-state index in [4.69, 9.17) is 9.15 Å². The molecule has 0 radical (unpaired) electrons. The van der Waals surface area contributed by atoms with Gasteiger partial charge in [0.2, 0.25) is 0 Å². The van der Waals surface area contributed by atoms with Crippen LogP contribution in [0.15, 0.2) is 59.0 Å². The SMILES string of the molecule is COCc1c(C(=O)NC(c2ccccc2)c2n[nH]c(C)n2)oc2ccccc12. The van der Waals surface area contributed by atoms with E-state index < -0.39 is 6.04 Å². The van der Waals surface area contributed by atoms with Crippen molar-refractivity contribution >= 4 is 16.9 Å². The van der Waals surface area contributed by atoms with Gasteiger partial charge in [0.15, 0.2) is 11.6 Å². The fraction of sp³-hybridized carbons (Fsp3) is 0.190. The Hall–Kier alpha value is -3.45. The van der Waals surface area contributed by atoms with Gasteiger partial charge in [0.05, 0.1) is 6.61 Å². The summed E-state index contributed by atoms with van der Waals surface area (Å²) >= 11 is 0. The number of hydrogen-bond donors (Lipinski definition) is 2. The van der Waals surface area contributed by atoms with Crippen LogP contribution in [0.5, 0.6) is 0 Å². The number of furan rings is 1. The monoisotopic (exact) mass is 376 g/mol. The lowest BCUT2D eigenvalue weighted by molar-refractivity contribution is 0.0909. The number of H-pyrrole nitrogens is 1. The van der Waals surface area contributed by atoms with Crippen molar-refractivity contribution in [1.82, 2.24) is 20.5 Å². The smallest absolute Gasteiger partial charge is 0.288 e. The number of para-hydroxylation sites is 1. The predicted molar refractivity (Wildman–Crippen MR) is 104 cm³/mol. The Morgan fingerprint density at radius 2 is 1.93 bits per heavy atom. The van der Waals surface area contributed by atoms with Crippen LogP contribution in [0.3, 0.4) is 0 Å². The zero-order valence-corrected chi connectivity index (χ0v) is 15.6. The number of rotatable bonds is 6. The summed E-state index contributed by atoms with van der Waals surface area (Å²) in [6, 6.07) is 16.6. The van der Waals surface area contributed by atoms with E-state index in [0.29, 0.717) is 22.8 Å². The molecule has 0 aliphatic heterocycles. The van der Waals surface area contributed by atoms with Crippen LogP contribution in [0.2, 0.25) is 0 Å². The number of fused-ring (bicyclic) bond motifs is 1. The third-order valence-electron chi connectivity index (χ3n) is 4.47. The molecular formula is C21H20N4O3. The molecule has 0 saturated heterocycles. The summed E-state index contributed by atoms with van der Waals surface area (Å²) in [6.07, 6.45) is 0. The molecule has 7 nitrogen and oxygen atoms in total. The minimum Gasteiger partial charge on any atom is -0.451 e. The molecule has 4 aromatic rings. The predicted octanol–water partition coefficient (Wildman–Crippen LogP) is 3.53. The van der Waals surface area contributed by atoms with Crippen molar-refractivity contribution in [2.24, 2.45) is 0 Å². The number of ether oxygens (including phenoxy) is 1. The van der Waals surface area contributed by atoms with Crippen LogP contribution >= 0.6 is 0 Å². The third-order valence-corrected chi connectivity index (χ3v) is 4.47. The highest BCUT2D eigenvalue weighted by Gasteiger charge is 2.26.